The summed E-state index contributed by atoms with van der Waals surface area (Å²) in [5, 5.41) is -0.0911. The van der Waals surface area contributed by atoms with Gasteiger partial charge in [0, 0.05) is 10.8 Å². The van der Waals surface area contributed by atoms with E-state index in [1.165, 1.54) is 0 Å². The zero-order valence-corrected chi connectivity index (χ0v) is 12.2. The summed E-state index contributed by atoms with van der Waals surface area (Å²) in [5.74, 6) is 0. The van der Waals surface area contributed by atoms with Crippen molar-refractivity contribution in [3.05, 3.63) is 11.1 Å². The Morgan fingerprint density at radius 3 is 2.93 bits per heavy atom. The minimum absolute atomic E-state index is 0.0555. The van der Waals surface area contributed by atoms with Crippen molar-refractivity contribution >= 4 is 34.5 Å². The van der Waals surface area contributed by atoms with Crippen molar-refractivity contribution in [1.82, 2.24) is 0 Å². The Morgan fingerprint density at radius 1 is 1.80 bits per heavy atom. The van der Waals surface area contributed by atoms with Gasteiger partial charge in [-0.1, -0.05) is 55.6 Å². The average molecular weight is 296 g/mol. The lowest BCUT2D eigenvalue weighted by Gasteiger charge is -2.31. The summed E-state index contributed by atoms with van der Waals surface area (Å²) in [6.07, 6.45) is 5.15. The fraction of sp³-hybridized carbons (Fsp3) is 0.818. The van der Waals surface area contributed by atoms with Crippen molar-refractivity contribution < 1.29 is 4.21 Å². The molecular weight excluding hydrogens is 271 g/mol. The first-order valence-corrected chi connectivity index (χ1v) is 7.63. The normalized spacial score (nSPS) is 18.4. The van der Waals surface area contributed by atoms with Gasteiger partial charge in [-0.3, -0.25) is 4.21 Å². The predicted molar refractivity (Wildman–Crippen MR) is 76.7 cm³/mol. The first-order chi connectivity index (χ1) is 7.85. The van der Waals surface area contributed by atoms with Crippen LogP contribution in [0.4, 0.5) is 0 Å². The topological polar surface area (TPSA) is 17.1 Å². The third-order valence-corrected chi connectivity index (χ3v) is 4.64. The smallest absolute Gasteiger partial charge is 0.117 e. The predicted octanol–water partition coefficient (Wildman–Crippen LogP) is 2.82. The summed E-state index contributed by atoms with van der Waals surface area (Å²) in [5.41, 5.74) is 0.0671. The van der Waals surface area contributed by atoms with Crippen LogP contribution >= 0.6 is 15.9 Å². The monoisotopic (exact) mass is 295 g/mol. The molecule has 0 rings (SSSR count). The third kappa shape index (κ3) is 5.35. The van der Waals surface area contributed by atoms with Crippen LogP contribution in [0.1, 0.15) is 40.0 Å². The molecule has 0 aliphatic heterocycles. The first kappa shape index (κ1) is 11.9. The maximum Gasteiger partial charge on any atom is 0.117 e. The fourth-order valence-electron chi connectivity index (χ4n) is 1.65. The quantitative estimate of drug-likeness (QED) is 0.630. The summed E-state index contributed by atoms with van der Waals surface area (Å²) in [6.45, 7) is 6.37. The van der Waals surface area contributed by atoms with Gasteiger partial charge in [0.25, 0.3) is 0 Å². The fourth-order valence-corrected chi connectivity index (χ4v) is 3.45. The van der Waals surface area contributed by atoms with Gasteiger partial charge in [-0.25, -0.2) is 0 Å². The summed E-state index contributed by atoms with van der Waals surface area (Å²) >= 11 is 3.24. The Bertz CT molecular complexity index is 272. The molecule has 0 aromatic rings. The van der Waals surface area contributed by atoms with Crippen LogP contribution in [-0.2, 0) is 10.8 Å². The van der Waals surface area contributed by atoms with Gasteiger partial charge in [-0.2, -0.15) is 0 Å². The Balaban J connectivity index is 4.76. The standard InChI is InChI=1S/C11H22BBrOS/c1-4-5-7-11(2,3)10(6-8-13)15(14)9-12/h6,8,10H,4-5,7,9,12H2,1-3H3/b8-6+/t10-,15?/m1/s1/i12TD. The van der Waals surface area contributed by atoms with Crippen LogP contribution in [-0.4, -0.2) is 25.6 Å². The number of hydrogen-bond donors (Lipinski definition) is 0. The Kier molecular flexibility index (Phi) is 6.09. The van der Waals surface area contributed by atoms with Crippen LogP contribution in [0.2, 0.25) is 0 Å². The molecule has 2 atom stereocenters. The van der Waals surface area contributed by atoms with Crippen molar-refractivity contribution in [1.29, 1.82) is 2.67 Å². The molecule has 1 nitrogen and oxygen atoms in total. The second-order valence-electron chi connectivity index (χ2n) is 4.38. The van der Waals surface area contributed by atoms with Crippen molar-refractivity contribution in [2.24, 2.45) is 5.41 Å². The van der Waals surface area contributed by atoms with Crippen LogP contribution in [0.25, 0.3) is 0 Å². The summed E-state index contributed by atoms with van der Waals surface area (Å²) in [6, 6.07) is 0. The second kappa shape index (κ2) is 7.67. The molecule has 0 fully saturated rings. The molecule has 15 heavy (non-hydrogen) atoms. The van der Waals surface area contributed by atoms with E-state index in [0.29, 0.717) is 0 Å². The molecule has 0 aromatic heterocycles. The summed E-state index contributed by atoms with van der Waals surface area (Å²) in [7, 11) is -2.16. The minimum atomic E-state index is -1.15. The molecule has 0 spiro atoms. The van der Waals surface area contributed by atoms with E-state index >= 15 is 0 Å². The molecule has 1 unspecified atom stereocenters. The third-order valence-electron chi connectivity index (χ3n) is 2.64. The van der Waals surface area contributed by atoms with E-state index in [2.05, 4.69) is 36.7 Å². The van der Waals surface area contributed by atoms with Gasteiger partial charge in [-0.15, -0.1) is 0 Å². The highest BCUT2D eigenvalue weighted by Crippen LogP contribution is 2.32. The van der Waals surface area contributed by atoms with Crippen molar-refractivity contribution in [3.63, 3.8) is 0 Å². The molecule has 0 bridgehead atoms. The SMILES string of the molecule is [2H]B([3H])CS(=O)[C@H](/C=C/Br)C(C)(C)CCCC. The molecule has 88 valence electrons. The summed E-state index contributed by atoms with van der Waals surface area (Å²) < 4.78 is 26.6. The lowest BCUT2D eigenvalue weighted by atomic mass is 9.83. The van der Waals surface area contributed by atoms with E-state index in [1.807, 2.05) is 6.08 Å². The van der Waals surface area contributed by atoms with Gasteiger partial charge >= 0.3 is 0 Å². The Hall–Kier alpha value is 0.435. The number of unbranched alkanes of at least 4 members (excludes halogenated alkanes) is 1. The van der Waals surface area contributed by atoms with E-state index in [4.69, 9.17) is 2.67 Å². The molecule has 4 heteroatoms. The van der Waals surface area contributed by atoms with E-state index in [1.54, 1.807) is 4.99 Å². The zero-order chi connectivity index (χ0) is 13.5. The first-order valence-electron chi connectivity index (χ1n) is 6.49. The maximum atomic E-state index is 12.2. The van der Waals surface area contributed by atoms with E-state index in [0.717, 1.165) is 19.3 Å². The second-order valence-corrected chi connectivity index (χ2v) is 6.51. The zero-order valence-electron chi connectivity index (χ0n) is 11.8. The number of halogens is 1. The Labute approximate surface area is 109 Å². The minimum Gasteiger partial charge on any atom is -0.260 e. The van der Waals surface area contributed by atoms with E-state index in [9.17, 15) is 4.21 Å². The molecule has 0 aliphatic rings. The highest BCUT2D eigenvalue weighted by atomic mass is 79.9. The highest BCUT2D eigenvalue weighted by molar-refractivity contribution is 9.11. The molecule has 0 saturated carbocycles. The lowest BCUT2D eigenvalue weighted by molar-refractivity contribution is 0.333. The van der Waals surface area contributed by atoms with Gasteiger partial charge in [0.05, 0.1) is 5.25 Å². The Morgan fingerprint density at radius 2 is 2.47 bits per heavy atom. The molecule has 0 radical (unpaired) electrons. The molecule has 0 saturated heterocycles. The van der Waals surface area contributed by atoms with E-state index < -0.39 is 18.6 Å². The number of rotatable bonds is 8. The molecule has 0 aromatic carbocycles. The average Bonchev–Trinajstić information content (AvgIpc) is 2.21. The summed E-state index contributed by atoms with van der Waals surface area (Å²) in [4.78, 5) is 1.74. The van der Waals surface area contributed by atoms with Crippen LogP contribution in [0, 0.1) is 5.41 Å². The molecule has 0 aliphatic carbocycles. The van der Waals surface area contributed by atoms with Crippen LogP contribution in [0.5, 0.6) is 0 Å². The van der Waals surface area contributed by atoms with Crippen LogP contribution in [0.15, 0.2) is 11.1 Å². The number of hydrogen-bond acceptors (Lipinski definition) is 1. The molecule has 0 N–H and O–H groups in total. The molecule has 0 amide bonds. The molecule has 0 heterocycles. The van der Waals surface area contributed by atoms with Gasteiger partial charge < -0.3 is 0 Å². The van der Waals surface area contributed by atoms with Gasteiger partial charge in [0.2, 0.25) is 0 Å². The van der Waals surface area contributed by atoms with E-state index in [-0.39, 0.29) is 16.3 Å². The molecular formula is C11H22BBrOS. The van der Waals surface area contributed by atoms with Crippen LogP contribution < -0.4 is 0 Å². The van der Waals surface area contributed by atoms with Gasteiger partial charge in [-0.05, 0) is 25.1 Å². The van der Waals surface area contributed by atoms with Crippen LogP contribution in [0.3, 0.4) is 0 Å². The van der Waals surface area contributed by atoms with Gasteiger partial charge in [0.1, 0.15) is 7.77 Å². The van der Waals surface area contributed by atoms with Crippen molar-refractivity contribution in [3.8, 4) is 0 Å². The lowest BCUT2D eigenvalue weighted by Crippen LogP contribution is -2.33. The van der Waals surface area contributed by atoms with Crippen molar-refractivity contribution in [2.75, 3.05) is 5.65 Å². The maximum absolute atomic E-state index is 12.2. The highest BCUT2D eigenvalue weighted by Gasteiger charge is 2.30. The van der Waals surface area contributed by atoms with Crippen molar-refractivity contribution in [2.45, 2.75) is 45.3 Å². The van der Waals surface area contributed by atoms with Gasteiger partial charge in [0.15, 0.2) is 0 Å². The largest absolute Gasteiger partial charge is 0.260 e.